The van der Waals surface area contributed by atoms with Crippen LogP contribution in [0, 0.1) is 0 Å². The minimum atomic E-state index is 0.0809. The van der Waals surface area contributed by atoms with E-state index in [-0.39, 0.29) is 5.91 Å². The number of hydrogen-bond donors (Lipinski definition) is 0. The first-order valence-electron chi connectivity index (χ1n) is 6.73. The second-order valence-electron chi connectivity index (χ2n) is 4.98. The van der Waals surface area contributed by atoms with Gasteiger partial charge in [0.05, 0.1) is 10.2 Å². The molecule has 20 heavy (non-hydrogen) atoms. The van der Waals surface area contributed by atoms with Crippen LogP contribution in [0.3, 0.4) is 0 Å². The van der Waals surface area contributed by atoms with Crippen LogP contribution in [0.5, 0.6) is 0 Å². The van der Waals surface area contributed by atoms with E-state index in [2.05, 4.69) is 16.9 Å². The number of benzene rings is 1. The Labute approximate surface area is 122 Å². The van der Waals surface area contributed by atoms with E-state index in [9.17, 15) is 4.79 Å². The number of carbonyl (C=O) groups is 1. The number of aromatic nitrogens is 1. The molecule has 1 aromatic carbocycles. The van der Waals surface area contributed by atoms with Crippen LogP contribution in [0.15, 0.2) is 30.3 Å². The Morgan fingerprint density at radius 1 is 1.25 bits per heavy atom. The van der Waals surface area contributed by atoms with Crippen molar-refractivity contribution in [2.45, 2.75) is 0 Å². The predicted molar refractivity (Wildman–Crippen MR) is 82.7 cm³/mol. The second kappa shape index (κ2) is 5.73. The molecule has 5 heteroatoms. The van der Waals surface area contributed by atoms with Crippen molar-refractivity contribution in [1.29, 1.82) is 0 Å². The number of fused-ring (bicyclic) bond motifs is 1. The highest BCUT2D eigenvalue weighted by molar-refractivity contribution is 7.19. The first-order valence-corrected chi connectivity index (χ1v) is 7.55. The standard InChI is InChI=1S/C15H17N3OS/c1-17-8-10-18(11-9-17)15(19)7-6-14-16-12-4-2-3-5-13(12)20-14/h2-7H,8-11H2,1H3. The molecule has 1 aromatic heterocycles. The highest BCUT2D eigenvalue weighted by Crippen LogP contribution is 2.22. The molecule has 0 N–H and O–H groups in total. The molecule has 0 bridgehead atoms. The van der Waals surface area contributed by atoms with Crippen molar-refractivity contribution >= 4 is 33.5 Å². The molecule has 0 saturated carbocycles. The minimum Gasteiger partial charge on any atom is -0.337 e. The zero-order valence-corrected chi connectivity index (χ0v) is 12.3. The molecule has 4 nitrogen and oxygen atoms in total. The van der Waals surface area contributed by atoms with E-state index >= 15 is 0 Å². The van der Waals surface area contributed by atoms with Crippen LogP contribution in [0.1, 0.15) is 5.01 Å². The Morgan fingerprint density at radius 3 is 2.75 bits per heavy atom. The summed E-state index contributed by atoms with van der Waals surface area (Å²) in [4.78, 5) is 20.7. The number of nitrogens with zero attached hydrogens (tertiary/aromatic N) is 3. The number of hydrogen-bond acceptors (Lipinski definition) is 4. The fourth-order valence-corrected chi connectivity index (χ4v) is 3.11. The van der Waals surface area contributed by atoms with Crippen molar-refractivity contribution < 1.29 is 4.79 Å². The Hall–Kier alpha value is -1.72. The van der Waals surface area contributed by atoms with Crippen LogP contribution < -0.4 is 0 Å². The fraction of sp³-hybridized carbons (Fsp3) is 0.333. The predicted octanol–water partition coefficient (Wildman–Crippen LogP) is 2.08. The third kappa shape index (κ3) is 2.89. The lowest BCUT2D eigenvalue weighted by molar-refractivity contribution is -0.127. The van der Waals surface area contributed by atoms with Gasteiger partial charge in [-0.25, -0.2) is 4.98 Å². The van der Waals surface area contributed by atoms with E-state index in [4.69, 9.17) is 0 Å². The maximum Gasteiger partial charge on any atom is 0.246 e. The van der Waals surface area contributed by atoms with Crippen molar-refractivity contribution in [3.8, 4) is 0 Å². The maximum atomic E-state index is 12.1. The summed E-state index contributed by atoms with van der Waals surface area (Å²) in [5, 5.41) is 0.883. The summed E-state index contributed by atoms with van der Waals surface area (Å²) >= 11 is 1.61. The van der Waals surface area contributed by atoms with Gasteiger partial charge in [-0.3, -0.25) is 4.79 Å². The lowest BCUT2D eigenvalue weighted by Crippen LogP contribution is -2.46. The van der Waals surface area contributed by atoms with Gasteiger partial charge in [-0.1, -0.05) is 12.1 Å². The average Bonchev–Trinajstić information content (AvgIpc) is 2.88. The van der Waals surface area contributed by atoms with Crippen LogP contribution in [0.4, 0.5) is 0 Å². The van der Waals surface area contributed by atoms with E-state index in [1.165, 1.54) is 0 Å². The Balaban J connectivity index is 1.68. The van der Waals surface area contributed by atoms with Crippen LogP contribution in [-0.4, -0.2) is 53.9 Å². The molecule has 1 aliphatic rings. The van der Waals surface area contributed by atoms with Gasteiger partial charge in [-0.05, 0) is 25.3 Å². The number of thiazole rings is 1. The van der Waals surface area contributed by atoms with E-state index in [0.717, 1.165) is 41.4 Å². The van der Waals surface area contributed by atoms with Gasteiger partial charge in [0.15, 0.2) is 0 Å². The van der Waals surface area contributed by atoms with Crippen molar-refractivity contribution in [3.63, 3.8) is 0 Å². The first kappa shape index (κ1) is 13.3. The molecule has 1 amide bonds. The molecule has 0 aliphatic carbocycles. The number of likely N-dealkylation sites (N-methyl/N-ethyl adjacent to an activating group) is 1. The zero-order chi connectivity index (χ0) is 13.9. The number of rotatable bonds is 2. The average molecular weight is 287 g/mol. The van der Waals surface area contributed by atoms with E-state index in [1.807, 2.05) is 35.2 Å². The molecular weight excluding hydrogens is 270 g/mol. The quantitative estimate of drug-likeness (QED) is 0.794. The Kier molecular flexibility index (Phi) is 3.80. The smallest absolute Gasteiger partial charge is 0.246 e. The van der Waals surface area contributed by atoms with Gasteiger partial charge in [0, 0.05) is 32.3 Å². The number of carbonyl (C=O) groups excluding carboxylic acids is 1. The van der Waals surface area contributed by atoms with Gasteiger partial charge in [0.25, 0.3) is 0 Å². The Morgan fingerprint density at radius 2 is 2.00 bits per heavy atom. The van der Waals surface area contributed by atoms with Gasteiger partial charge in [-0.15, -0.1) is 11.3 Å². The molecule has 1 saturated heterocycles. The van der Waals surface area contributed by atoms with E-state index in [1.54, 1.807) is 17.4 Å². The van der Waals surface area contributed by atoms with Crippen molar-refractivity contribution in [1.82, 2.24) is 14.8 Å². The zero-order valence-electron chi connectivity index (χ0n) is 11.5. The number of amides is 1. The van der Waals surface area contributed by atoms with Gasteiger partial charge in [-0.2, -0.15) is 0 Å². The van der Waals surface area contributed by atoms with Crippen molar-refractivity contribution in [2.75, 3.05) is 33.2 Å². The molecule has 2 aromatic rings. The molecular formula is C15H17N3OS. The first-order chi connectivity index (χ1) is 9.72. The molecule has 0 unspecified atom stereocenters. The van der Waals surface area contributed by atoms with Crippen LogP contribution in [0.25, 0.3) is 16.3 Å². The Bertz CT molecular complexity index is 608. The summed E-state index contributed by atoms with van der Waals surface area (Å²) < 4.78 is 1.15. The number of para-hydroxylation sites is 1. The molecule has 1 fully saturated rings. The van der Waals surface area contributed by atoms with Gasteiger partial charge in [0.1, 0.15) is 5.01 Å². The highest BCUT2D eigenvalue weighted by atomic mass is 32.1. The maximum absolute atomic E-state index is 12.1. The summed E-state index contributed by atoms with van der Waals surface area (Å²) in [6.07, 6.45) is 3.47. The van der Waals surface area contributed by atoms with Crippen LogP contribution >= 0.6 is 11.3 Å². The summed E-state index contributed by atoms with van der Waals surface area (Å²) in [5.74, 6) is 0.0809. The van der Waals surface area contributed by atoms with Crippen molar-refractivity contribution in [2.24, 2.45) is 0 Å². The topological polar surface area (TPSA) is 36.4 Å². The fourth-order valence-electron chi connectivity index (χ4n) is 2.24. The highest BCUT2D eigenvalue weighted by Gasteiger charge is 2.16. The third-order valence-corrected chi connectivity index (χ3v) is 4.50. The van der Waals surface area contributed by atoms with Gasteiger partial charge < -0.3 is 9.80 Å². The number of piperazine rings is 1. The van der Waals surface area contributed by atoms with E-state index < -0.39 is 0 Å². The third-order valence-electron chi connectivity index (χ3n) is 3.49. The molecule has 1 aliphatic heterocycles. The molecule has 3 rings (SSSR count). The van der Waals surface area contributed by atoms with Gasteiger partial charge in [0.2, 0.25) is 5.91 Å². The summed E-state index contributed by atoms with van der Waals surface area (Å²) in [6.45, 7) is 3.50. The summed E-state index contributed by atoms with van der Waals surface area (Å²) in [7, 11) is 2.08. The summed E-state index contributed by atoms with van der Waals surface area (Å²) in [5.41, 5.74) is 0.990. The second-order valence-corrected chi connectivity index (χ2v) is 6.04. The SMILES string of the molecule is CN1CCN(C(=O)C=Cc2nc3ccccc3s2)CC1. The minimum absolute atomic E-state index is 0.0809. The molecule has 0 radical (unpaired) electrons. The van der Waals surface area contributed by atoms with E-state index in [0.29, 0.717) is 0 Å². The molecule has 0 atom stereocenters. The lowest BCUT2D eigenvalue weighted by Gasteiger charge is -2.31. The molecule has 2 heterocycles. The van der Waals surface area contributed by atoms with Crippen molar-refractivity contribution in [3.05, 3.63) is 35.3 Å². The van der Waals surface area contributed by atoms with Gasteiger partial charge >= 0.3 is 0 Å². The molecule has 0 spiro atoms. The normalized spacial score (nSPS) is 17.1. The molecule has 104 valence electrons. The summed E-state index contributed by atoms with van der Waals surface area (Å²) in [6, 6.07) is 8.02. The monoisotopic (exact) mass is 287 g/mol. The van der Waals surface area contributed by atoms with Crippen LogP contribution in [-0.2, 0) is 4.79 Å². The lowest BCUT2D eigenvalue weighted by atomic mass is 10.3. The largest absolute Gasteiger partial charge is 0.337 e. The van der Waals surface area contributed by atoms with Crippen LogP contribution in [0.2, 0.25) is 0 Å².